The molecule has 200 valence electrons. The predicted octanol–water partition coefficient (Wildman–Crippen LogP) is 4.85. The Morgan fingerprint density at radius 1 is 1.19 bits per heavy atom. The van der Waals surface area contributed by atoms with Gasteiger partial charge in [-0.2, -0.15) is 0 Å². The largest absolute Gasteiger partial charge is 0.417 e. The van der Waals surface area contributed by atoms with E-state index in [9.17, 15) is 18.0 Å². The van der Waals surface area contributed by atoms with Crippen LogP contribution in [0.5, 0.6) is 0 Å². The number of hydrogen-bond acceptors (Lipinski definition) is 5. The molecule has 11 heteroatoms. The van der Waals surface area contributed by atoms with Crippen molar-refractivity contribution in [2.75, 3.05) is 38.2 Å². The van der Waals surface area contributed by atoms with Gasteiger partial charge in [0.2, 0.25) is 0 Å². The SMILES string of the molecule is C[C@@H]1Cc2c(ccc3[nH]c(=O)oc23)[C@@H](c2c(F)cc(NC3CN(CCCF)C3)cc2F)N1CC(C)(F)F. The first-order valence-electron chi connectivity index (χ1n) is 12.4. The minimum Gasteiger partial charge on any atom is -0.408 e. The number of aromatic nitrogens is 1. The van der Waals surface area contributed by atoms with E-state index >= 15 is 8.78 Å². The highest BCUT2D eigenvalue weighted by Gasteiger charge is 2.41. The van der Waals surface area contributed by atoms with Gasteiger partial charge in [0.15, 0.2) is 5.58 Å². The zero-order chi connectivity index (χ0) is 26.5. The van der Waals surface area contributed by atoms with Crippen molar-refractivity contribution in [3.05, 3.63) is 63.1 Å². The Hall–Kier alpha value is -2.92. The van der Waals surface area contributed by atoms with E-state index in [-0.39, 0.29) is 29.3 Å². The Labute approximate surface area is 210 Å². The molecule has 0 saturated carbocycles. The van der Waals surface area contributed by atoms with Crippen molar-refractivity contribution < 1.29 is 26.4 Å². The maximum absolute atomic E-state index is 15.6. The van der Waals surface area contributed by atoms with E-state index in [2.05, 4.69) is 10.3 Å². The number of anilines is 1. The van der Waals surface area contributed by atoms with Crippen LogP contribution in [0.15, 0.2) is 33.5 Å². The van der Waals surface area contributed by atoms with E-state index in [0.29, 0.717) is 42.7 Å². The molecule has 1 saturated heterocycles. The molecule has 37 heavy (non-hydrogen) atoms. The molecule has 3 heterocycles. The lowest BCUT2D eigenvalue weighted by molar-refractivity contribution is -0.0370. The van der Waals surface area contributed by atoms with Crippen LogP contribution in [0.25, 0.3) is 11.1 Å². The Bertz CT molecular complexity index is 1320. The zero-order valence-corrected chi connectivity index (χ0v) is 20.6. The van der Waals surface area contributed by atoms with E-state index in [1.54, 1.807) is 19.1 Å². The summed E-state index contributed by atoms with van der Waals surface area (Å²) >= 11 is 0. The van der Waals surface area contributed by atoms with Crippen LogP contribution in [0.1, 0.15) is 43.0 Å². The summed E-state index contributed by atoms with van der Waals surface area (Å²) in [5.41, 5.74) is 1.59. The fourth-order valence-electron chi connectivity index (χ4n) is 5.58. The van der Waals surface area contributed by atoms with Gasteiger partial charge >= 0.3 is 5.76 Å². The quantitative estimate of drug-likeness (QED) is 0.413. The average molecular weight is 525 g/mol. The number of nitrogens with one attached hydrogen (secondary N) is 2. The fourth-order valence-corrected chi connectivity index (χ4v) is 5.58. The molecule has 0 bridgehead atoms. The standard InChI is InChI=1S/C26H29F5N4O2/c1-14-8-18-17(4-5-21-24(18)37-25(36)33-21)23(35(14)13-26(2,30)31)22-19(28)9-15(10-20(22)29)32-16-11-34(12-16)7-3-6-27/h4-5,9-10,14,16,23,32H,3,6-8,11-13H2,1-2H3,(H,33,36)/t14-,23+/m1/s1. The van der Waals surface area contributed by atoms with Gasteiger partial charge in [0.25, 0.3) is 5.92 Å². The van der Waals surface area contributed by atoms with Gasteiger partial charge < -0.3 is 9.73 Å². The molecule has 5 rings (SSSR count). The minimum absolute atomic E-state index is 0.0280. The van der Waals surface area contributed by atoms with Crippen LogP contribution >= 0.6 is 0 Å². The topological polar surface area (TPSA) is 64.5 Å². The van der Waals surface area contributed by atoms with Crippen molar-refractivity contribution in [3.63, 3.8) is 0 Å². The molecule has 2 aliphatic rings. The number of oxazole rings is 1. The van der Waals surface area contributed by atoms with E-state index < -0.39 is 48.6 Å². The first-order valence-corrected chi connectivity index (χ1v) is 12.4. The van der Waals surface area contributed by atoms with E-state index in [0.717, 1.165) is 6.92 Å². The third-order valence-corrected chi connectivity index (χ3v) is 7.17. The first kappa shape index (κ1) is 25.7. The third-order valence-electron chi connectivity index (χ3n) is 7.17. The van der Waals surface area contributed by atoms with Crippen molar-refractivity contribution in [2.45, 2.75) is 50.7 Å². The number of halogens is 5. The number of likely N-dealkylation sites (tertiary alicyclic amines) is 1. The molecule has 0 amide bonds. The van der Waals surface area contributed by atoms with Crippen molar-refractivity contribution in [2.24, 2.45) is 0 Å². The summed E-state index contributed by atoms with van der Waals surface area (Å²) in [6.07, 6.45) is 0.710. The molecule has 2 aliphatic heterocycles. The molecule has 0 radical (unpaired) electrons. The highest BCUT2D eigenvalue weighted by Crippen LogP contribution is 2.43. The lowest BCUT2D eigenvalue weighted by atomic mass is 9.83. The molecule has 0 spiro atoms. The predicted molar refractivity (Wildman–Crippen MR) is 130 cm³/mol. The molecule has 1 aromatic heterocycles. The lowest BCUT2D eigenvalue weighted by Crippen LogP contribution is -2.54. The molecule has 6 nitrogen and oxygen atoms in total. The number of hydrogen-bond donors (Lipinski definition) is 2. The van der Waals surface area contributed by atoms with Crippen molar-refractivity contribution in [3.8, 4) is 0 Å². The van der Waals surface area contributed by atoms with Crippen LogP contribution < -0.4 is 11.1 Å². The number of alkyl halides is 3. The van der Waals surface area contributed by atoms with Gasteiger partial charge in [0, 0.05) is 49.4 Å². The van der Waals surface area contributed by atoms with Crippen LogP contribution in [0, 0.1) is 11.6 Å². The van der Waals surface area contributed by atoms with Crippen molar-refractivity contribution in [1.29, 1.82) is 0 Å². The minimum atomic E-state index is -3.11. The molecule has 0 unspecified atom stereocenters. The first-order chi connectivity index (χ1) is 17.5. The van der Waals surface area contributed by atoms with Crippen molar-refractivity contribution >= 4 is 16.8 Å². The summed E-state index contributed by atoms with van der Waals surface area (Å²) < 4.78 is 77.4. The second-order valence-electron chi connectivity index (χ2n) is 10.2. The van der Waals surface area contributed by atoms with Crippen LogP contribution in [0.2, 0.25) is 0 Å². The van der Waals surface area contributed by atoms with Gasteiger partial charge in [0.05, 0.1) is 30.8 Å². The molecular formula is C26H29F5N4O2. The van der Waals surface area contributed by atoms with Crippen LogP contribution in [-0.2, 0) is 6.42 Å². The third kappa shape index (κ3) is 5.11. The van der Waals surface area contributed by atoms with Crippen LogP contribution in [0.3, 0.4) is 0 Å². The van der Waals surface area contributed by atoms with E-state index in [4.69, 9.17) is 4.42 Å². The number of H-pyrrole nitrogens is 1. The molecule has 2 aromatic carbocycles. The molecule has 1 fully saturated rings. The number of fused-ring (bicyclic) bond motifs is 3. The summed E-state index contributed by atoms with van der Waals surface area (Å²) in [5, 5.41) is 3.10. The summed E-state index contributed by atoms with van der Waals surface area (Å²) in [6, 6.07) is 3.82. The maximum atomic E-state index is 15.6. The van der Waals surface area contributed by atoms with Gasteiger partial charge in [0.1, 0.15) is 11.6 Å². The fraction of sp³-hybridized carbons (Fsp3) is 0.500. The monoisotopic (exact) mass is 524 g/mol. The number of nitrogens with zero attached hydrogens (tertiary/aromatic N) is 2. The van der Waals surface area contributed by atoms with E-state index in [1.165, 1.54) is 17.0 Å². The van der Waals surface area contributed by atoms with Gasteiger partial charge in [-0.3, -0.25) is 19.2 Å². The van der Waals surface area contributed by atoms with Gasteiger partial charge in [-0.25, -0.2) is 22.4 Å². The maximum Gasteiger partial charge on any atom is 0.417 e. The van der Waals surface area contributed by atoms with E-state index in [1.807, 2.05) is 4.90 Å². The normalized spacial score (nSPS) is 21.3. The summed E-state index contributed by atoms with van der Waals surface area (Å²) in [7, 11) is 0. The molecule has 3 aromatic rings. The van der Waals surface area contributed by atoms with Gasteiger partial charge in [-0.05, 0) is 43.5 Å². The Morgan fingerprint density at radius 3 is 2.54 bits per heavy atom. The average Bonchev–Trinajstić information content (AvgIpc) is 3.16. The molecule has 2 atom stereocenters. The second kappa shape index (κ2) is 9.75. The van der Waals surface area contributed by atoms with Crippen LogP contribution in [0.4, 0.5) is 27.6 Å². The number of aromatic amines is 1. The molecular weight excluding hydrogens is 495 g/mol. The zero-order valence-electron chi connectivity index (χ0n) is 20.6. The van der Waals surface area contributed by atoms with Crippen LogP contribution in [-0.4, -0.2) is 65.6 Å². The number of benzene rings is 2. The summed E-state index contributed by atoms with van der Waals surface area (Å²) in [6.45, 7) is 3.28. The molecule has 2 N–H and O–H groups in total. The Balaban J connectivity index is 1.52. The Kier molecular flexibility index (Phi) is 6.78. The highest BCUT2D eigenvalue weighted by atomic mass is 19.3. The van der Waals surface area contributed by atoms with Gasteiger partial charge in [-0.15, -0.1) is 0 Å². The Morgan fingerprint density at radius 2 is 1.89 bits per heavy atom. The van der Waals surface area contributed by atoms with Gasteiger partial charge in [-0.1, -0.05) is 6.07 Å². The summed E-state index contributed by atoms with van der Waals surface area (Å²) in [4.78, 5) is 17.8. The summed E-state index contributed by atoms with van der Waals surface area (Å²) in [5.74, 6) is -5.49. The molecule has 0 aliphatic carbocycles. The van der Waals surface area contributed by atoms with Crippen molar-refractivity contribution in [1.82, 2.24) is 14.8 Å². The smallest absolute Gasteiger partial charge is 0.408 e. The highest BCUT2D eigenvalue weighted by molar-refractivity contribution is 5.78. The second-order valence-corrected chi connectivity index (χ2v) is 10.2. The number of rotatable bonds is 8. The lowest BCUT2D eigenvalue weighted by Gasteiger charge is -2.43.